The maximum Gasteiger partial charge on any atom is 0.158 e. The number of nitrogens with zero attached hydrogens (tertiary/aromatic N) is 7. The second kappa shape index (κ2) is 23.7. The molecule has 2 aromatic carbocycles. The quantitative estimate of drug-likeness (QED) is 0.0711. The second-order valence-electron chi connectivity index (χ2n) is 21.1. The van der Waals surface area contributed by atoms with Crippen LogP contribution in [0, 0.1) is 10.8 Å². The van der Waals surface area contributed by atoms with E-state index in [4.69, 9.17) is 57.7 Å². The molecule has 75 heavy (non-hydrogen) atoms. The molecule has 4 aromatic heterocycles. The maximum atomic E-state index is 13.1. The third kappa shape index (κ3) is 13.2. The normalized spacial score (nSPS) is 19.3. The van der Waals surface area contributed by atoms with Gasteiger partial charge in [0, 0.05) is 35.3 Å². The maximum absolute atomic E-state index is 13.1. The van der Waals surface area contributed by atoms with Crippen molar-refractivity contribution in [1.29, 1.82) is 0 Å². The number of nitrogens with two attached hydrogens (primary N) is 4. The lowest BCUT2D eigenvalue weighted by molar-refractivity contribution is 0.165. The van der Waals surface area contributed by atoms with Crippen molar-refractivity contribution in [2.45, 2.75) is 121 Å². The topological polar surface area (TPSA) is 255 Å². The summed E-state index contributed by atoms with van der Waals surface area (Å²) in [6, 6.07) is 21.0. The first-order chi connectivity index (χ1) is 35.6. The molecule has 2 aliphatic heterocycles. The molecule has 0 saturated carbocycles. The van der Waals surface area contributed by atoms with Crippen LogP contribution in [0.5, 0.6) is 0 Å². The van der Waals surface area contributed by atoms with Crippen molar-refractivity contribution in [3.05, 3.63) is 123 Å². The highest BCUT2D eigenvalue weighted by Crippen LogP contribution is 2.54. The smallest absolute Gasteiger partial charge is 0.158 e. The van der Waals surface area contributed by atoms with Gasteiger partial charge in [0.1, 0.15) is 32.7 Å². The van der Waals surface area contributed by atoms with Crippen LogP contribution in [-0.2, 0) is 34.8 Å². The summed E-state index contributed by atoms with van der Waals surface area (Å²) in [5.74, 6) is 1.88. The Labute approximate surface area is 468 Å². The van der Waals surface area contributed by atoms with Crippen LogP contribution in [-0.4, -0.2) is 74.0 Å². The van der Waals surface area contributed by atoms with E-state index in [0.717, 1.165) is 75.4 Å². The van der Waals surface area contributed by atoms with E-state index in [-0.39, 0.29) is 55.0 Å². The van der Waals surface area contributed by atoms with E-state index in [0.29, 0.717) is 30.8 Å². The summed E-state index contributed by atoms with van der Waals surface area (Å²) in [6.45, 7) is 15.9. The fraction of sp³-hybridized carbons (Fsp3) is 0.423. The Kier molecular flexibility index (Phi) is 18.0. The lowest BCUT2D eigenvalue weighted by atomic mass is 9.73. The molecule has 0 amide bonds. The van der Waals surface area contributed by atoms with E-state index in [1.54, 1.807) is 30.7 Å². The summed E-state index contributed by atoms with van der Waals surface area (Å²) in [5.41, 5.74) is 29.0. The Morgan fingerprint density at radius 1 is 0.613 bits per heavy atom. The Bertz CT molecular complexity index is 3060. The first kappa shape index (κ1) is 56.8. The zero-order valence-corrected chi connectivity index (χ0v) is 48.4. The van der Waals surface area contributed by atoms with E-state index in [9.17, 15) is 8.42 Å². The predicted molar refractivity (Wildman–Crippen MR) is 310 cm³/mol. The molecule has 2 spiro atoms. The van der Waals surface area contributed by atoms with Gasteiger partial charge in [0.2, 0.25) is 0 Å². The number of benzene rings is 2. The van der Waals surface area contributed by atoms with Gasteiger partial charge in [-0.15, -0.1) is 0 Å². The van der Waals surface area contributed by atoms with Gasteiger partial charge in [-0.2, -0.15) is 0 Å². The summed E-state index contributed by atoms with van der Waals surface area (Å²) < 4.78 is 32.2. The molecule has 4 aliphatic rings. The number of fused-ring (bicyclic) bond motifs is 2. The zero-order chi connectivity index (χ0) is 53.9. The van der Waals surface area contributed by atoms with Crippen molar-refractivity contribution < 1.29 is 8.42 Å². The highest BCUT2D eigenvalue weighted by Gasteiger charge is 2.50. The Hall–Kier alpha value is -4.35. The number of piperidine rings is 2. The van der Waals surface area contributed by atoms with Crippen LogP contribution in [0.2, 0.25) is 15.2 Å². The molecular weight excluding hydrogens is 1090 g/mol. The van der Waals surface area contributed by atoms with Crippen LogP contribution in [0.1, 0.15) is 102 Å². The van der Waals surface area contributed by atoms with Gasteiger partial charge in [-0.25, -0.2) is 47.8 Å². The first-order valence-electron chi connectivity index (χ1n) is 24.6. The van der Waals surface area contributed by atoms with Crippen LogP contribution in [0.25, 0.3) is 0 Å². The van der Waals surface area contributed by atoms with Gasteiger partial charge in [0.15, 0.2) is 11.6 Å². The molecule has 4 atom stereocenters. The molecule has 10 rings (SSSR count). The van der Waals surface area contributed by atoms with Crippen LogP contribution in [0.15, 0.2) is 105 Å². The molecule has 16 nitrogen and oxygen atoms in total. The van der Waals surface area contributed by atoms with Gasteiger partial charge in [-0.1, -0.05) is 107 Å². The minimum Gasteiger partial charge on any atom is -0.382 e. The number of aromatic nitrogens is 6. The van der Waals surface area contributed by atoms with Crippen LogP contribution in [0.4, 0.5) is 29.1 Å². The van der Waals surface area contributed by atoms with E-state index in [2.05, 4.69) is 98.1 Å². The lowest BCUT2D eigenvalue weighted by Gasteiger charge is -2.44. The molecule has 6 aromatic rings. The molecule has 11 N–H and O–H groups in total. The summed E-state index contributed by atoms with van der Waals surface area (Å²) in [7, 11) is -2.19. The molecular formula is C52H65Cl3N14O2S4. The number of pyridine rings is 2. The largest absolute Gasteiger partial charge is 0.382 e. The highest BCUT2D eigenvalue weighted by atomic mass is 35.5. The molecule has 2 saturated heterocycles. The van der Waals surface area contributed by atoms with Gasteiger partial charge in [-0.05, 0) is 138 Å². The van der Waals surface area contributed by atoms with Gasteiger partial charge >= 0.3 is 0 Å². The standard InChI is InChI=1S/C26H32ClN7OS2.C17H26N2OS.C9H7Cl2N5S/c1-25(2,3)37(35)33-21-17-7-5-4-6-16(17)14-26(21)9-12-34(13-10-26)19-15-31-24(23(29)32-19)36-18-8-11-30-22(28)20(18)27;1-16(2,3)21(20)19-15-14-7-5-4-6-13(14)12-17(15)8-10-18-11-9-17;10-5-3-15-9(8(13)16-5)17-4-1-2-14-7(12)6(4)11/h4-8,11,15,21,33H,9-10,12-14H2,1-3H3,(H2,28,30)(H2,29,32);4-7,15,18-19H,8-12H2,1-3H3;1-3H,(H2,12,14)(H2,13,16)/t21-,37-;15-,21-;/m11./s1. The fourth-order valence-electron chi connectivity index (χ4n) is 9.87. The Balaban J connectivity index is 0.000000165. The van der Waals surface area contributed by atoms with E-state index in [1.807, 2.05) is 41.5 Å². The SMILES string of the molecule is CC(C)(C)[S@@](=O)N[C@@H]1c2ccccc2CC12CCN(c1cnc(Sc3ccnc(N)c3Cl)c(N)n1)CC2.CC(C)(C)[S@@](=O)N[C@@H]1c2ccccc2CC12CCNCC2.Nc1nc(Cl)cnc1Sc1ccnc(N)c1Cl. The van der Waals surface area contributed by atoms with E-state index >= 15 is 0 Å². The Morgan fingerprint density at radius 3 is 1.51 bits per heavy atom. The Morgan fingerprint density at radius 2 is 1.05 bits per heavy atom. The van der Waals surface area contributed by atoms with Crippen LogP contribution in [0.3, 0.4) is 0 Å². The number of rotatable bonds is 9. The zero-order valence-electron chi connectivity index (χ0n) is 42.8. The van der Waals surface area contributed by atoms with Crippen molar-refractivity contribution in [3.8, 4) is 0 Å². The van der Waals surface area contributed by atoms with E-state index in [1.165, 1.54) is 52.0 Å². The number of nitrogen functional groups attached to an aromatic ring is 4. The van der Waals surface area contributed by atoms with Crippen LogP contribution < -0.4 is 42.6 Å². The predicted octanol–water partition coefficient (Wildman–Crippen LogP) is 9.98. The van der Waals surface area contributed by atoms with Crippen molar-refractivity contribution in [1.82, 2.24) is 44.7 Å². The second-order valence-corrected chi connectivity index (χ2v) is 28.3. The molecule has 400 valence electrons. The van der Waals surface area contributed by atoms with Crippen LogP contribution >= 0.6 is 58.3 Å². The first-order valence-corrected chi connectivity index (χ1v) is 29.7. The molecule has 2 fully saturated rings. The van der Waals surface area contributed by atoms with Gasteiger partial charge in [-0.3, -0.25) is 0 Å². The minimum absolute atomic E-state index is 0.00782. The number of hydrogen-bond donors (Lipinski definition) is 7. The van der Waals surface area contributed by atoms with Crippen molar-refractivity contribution >= 4 is 109 Å². The van der Waals surface area contributed by atoms with E-state index < -0.39 is 22.0 Å². The molecule has 0 bridgehead atoms. The number of anilines is 5. The lowest BCUT2D eigenvalue weighted by Crippen LogP contribution is -2.48. The molecule has 6 heterocycles. The number of nitrogens with one attached hydrogen (secondary N) is 3. The number of halogens is 3. The molecule has 0 radical (unpaired) electrons. The van der Waals surface area contributed by atoms with Crippen molar-refractivity contribution in [2.75, 3.05) is 54.0 Å². The van der Waals surface area contributed by atoms with Gasteiger partial charge in [0.05, 0.1) is 66.0 Å². The number of hydrogen-bond acceptors (Lipinski definition) is 16. The summed E-state index contributed by atoms with van der Waals surface area (Å²) >= 11 is 20.5. The van der Waals surface area contributed by atoms with Crippen molar-refractivity contribution in [2.24, 2.45) is 10.8 Å². The molecule has 23 heteroatoms. The summed E-state index contributed by atoms with van der Waals surface area (Å²) in [6.07, 6.45) is 12.6. The highest BCUT2D eigenvalue weighted by molar-refractivity contribution is 7.99. The molecule has 2 aliphatic carbocycles. The third-order valence-electron chi connectivity index (χ3n) is 13.9. The third-order valence-corrected chi connectivity index (χ3v) is 20.4. The van der Waals surface area contributed by atoms with Crippen molar-refractivity contribution in [3.63, 3.8) is 0 Å². The van der Waals surface area contributed by atoms with Gasteiger partial charge < -0.3 is 33.2 Å². The summed E-state index contributed by atoms with van der Waals surface area (Å²) in [4.78, 5) is 28.7. The minimum atomic E-state index is -1.16. The fourth-order valence-corrected chi connectivity index (χ4v) is 13.9. The average molecular weight is 1150 g/mol. The summed E-state index contributed by atoms with van der Waals surface area (Å²) in [5, 5.41) is 5.55. The van der Waals surface area contributed by atoms with Gasteiger partial charge in [0.25, 0.3) is 0 Å². The average Bonchev–Trinajstić information content (AvgIpc) is 3.83. The monoisotopic (exact) mass is 1150 g/mol. The molecule has 0 unspecified atom stereocenters.